The van der Waals surface area contributed by atoms with Crippen molar-refractivity contribution in [3.05, 3.63) is 71.8 Å². The maximum atomic E-state index is 13.0. The first kappa shape index (κ1) is 39.9. The molecule has 2 aliphatic rings. The molecular weight excluding hydrogens is 721 g/mol. The molecule has 2 saturated heterocycles. The highest BCUT2D eigenvalue weighted by Crippen LogP contribution is 2.55. The summed E-state index contributed by atoms with van der Waals surface area (Å²) in [6, 6.07) is 19.4. The summed E-state index contributed by atoms with van der Waals surface area (Å²) in [5.41, 5.74) is 1.79. The molecule has 0 aliphatic carbocycles. The minimum Gasteiger partial charge on any atom is -0.745 e. The smallest absolute Gasteiger partial charge is 0.442 e. The zero-order valence-corrected chi connectivity index (χ0v) is 26.6. The molecule has 2 fully saturated rings. The molecule has 2 aromatic rings. The van der Waals surface area contributed by atoms with E-state index in [1.165, 1.54) is 25.7 Å². The van der Waals surface area contributed by atoms with E-state index >= 15 is 0 Å². The Bertz CT molecular complexity index is 1480. The molecule has 20 heteroatoms. The fraction of sp³-hybridized carbons (Fsp3) is 0.462. The van der Waals surface area contributed by atoms with Crippen molar-refractivity contribution in [2.24, 2.45) is 0 Å². The van der Waals surface area contributed by atoms with E-state index in [9.17, 15) is 70.7 Å². The fourth-order valence-corrected chi connectivity index (χ4v) is 9.53. The SMILES string of the molecule is O=C(c1ccccc1)[S+]1CCCC1.O=C(c1ccccc1)[S+]1CCCC1.O=S(=O)([O-])C(F)(F)C(F)(F)C(F)(C(F)(F)F)S(=O)(=O)[O-]. The van der Waals surface area contributed by atoms with Crippen LogP contribution in [-0.4, -0.2) is 81.5 Å². The van der Waals surface area contributed by atoms with Crippen LogP contribution in [0.4, 0.5) is 35.1 Å². The van der Waals surface area contributed by atoms with E-state index in [0.29, 0.717) is 10.2 Å². The Morgan fingerprint density at radius 3 is 1.11 bits per heavy atom. The van der Waals surface area contributed by atoms with Gasteiger partial charge in [-0.05, 0) is 49.9 Å². The van der Waals surface area contributed by atoms with Gasteiger partial charge in [-0.15, -0.1) is 0 Å². The maximum absolute atomic E-state index is 13.0. The number of benzene rings is 2. The van der Waals surface area contributed by atoms with Crippen LogP contribution in [0.5, 0.6) is 0 Å². The summed E-state index contributed by atoms with van der Waals surface area (Å²) in [5.74, 6) is -3.25. The van der Waals surface area contributed by atoms with Crippen molar-refractivity contribution in [1.29, 1.82) is 0 Å². The van der Waals surface area contributed by atoms with E-state index in [4.69, 9.17) is 0 Å². The van der Waals surface area contributed by atoms with Crippen LogP contribution in [0.3, 0.4) is 0 Å². The molecule has 2 aromatic carbocycles. The normalized spacial score (nSPS) is 18.0. The van der Waals surface area contributed by atoms with Crippen LogP contribution >= 0.6 is 0 Å². The third-order valence-electron chi connectivity index (χ3n) is 6.40. The van der Waals surface area contributed by atoms with Crippen LogP contribution in [0.1, 0.15) is 46.4 Å². The zero-order chi connectivity index (χ0) is 35.2. The van der Waals surface area contributed by atoms with Crippen molar-refractivity contribution in [3.8, 4) is 0 Å². The van der Waals surface area contributed by atoms with Gasteiger partial charge in [-0.25, -0.2) is 30.8 Å². The molecule has 0 spiro atoms. The Kier molecular flexibility index (Phi) is 13.3. The lowest BCUT2D eigenvalue weighted by atomic mass is 10.2. The van der Waals surface area contributed by atoms with Crippen LogP contribution in [0.2, 0.25) is 0 Å². The quantitative estimate of drug-likeness (QED) is 0.228. The third-order valence-corrected chi connectivity index (χ3v) is 13.1. The van der Waals surface area contributed by atoms with E-state index in [2.05, 4.69) is 0 Å². The van der Waals surface area contributed by atoms with Crippen LogP contribution in [0.25, 0.3) is 0 Å². The van der Waals surface area contributed by atoms with Crippen LogP contribution in [0.15, 0.2) is 60.7 Å². The first-order valence-corrected chi connectivity index (χ1v) is 18.9. The largest absolute Gasteiger partial charge is 0.745 e. The van der Waals surface area contributed by atoms with E-state index in [1.54, 1.807) is 0 Å². The predicted molar refractivity (Wildman–Crippen MR) is 153 cm³/mol. The topological polar surface area (TPSA) is 149 Å². The van der Waals surface area contributed by atoms with Gasteiger partial charge < -0.3 is 9.11 Å². The number of carbonyl (C=O) groups is 2. The van der Waals surface area contributed by atoms with Gasteiger partial charge in [0, 0.05) is 0 Å². The monoisotopic (exact) mass is 746 g/mol. The van der Waals surface area contributed by atoms with Crippen LogP contribution < -0.4 is 0 Å². The predicted octanol–water partition coefficient (Wildman–Crippen LogP) is 5.01. The second kappa shape index (κ2) is 15.3. The lowest BCUT2D eigenvalue weighted by Gasteiger charge is -2.39. The van der Waals surface area contributed by atoms with Crippen molar-refractivity contribution >= 4 is 52.3 Å². The molecular formula is C26H26F8O8S4. The number of alkyl halides is 8. The number of hydrogen-bond acceptors (Lipinski definition) is 8. The second-order valence-electron chi connectivity index (χ2n) is 9.62. The summed E-state index contributed by atoms with van der Waals surface area (Å²) in [6.45, 7) is 0. The zero-order valence-electron chi connectivity index (χ0n) is 23.4. The molecule has 4 rings (SSSR count). The van der Waals surface area contributed by atoms with Gasteiger partial charge in [0.15, 0.2) is 10.1 Å². The summed E-state index contributed by atoms with van der Waals surface area (Å²) in [6.07, 6.45) is -2.50. The highest BCUT2D eigenvalue weighted by molar-refractivity contribution is 8.11. The second-order valence-corrected chi connectivity index (χ2v) is 16.9. The van der Waals surface area contributed by atoms with Crippen molar-refractivity contribution in [1.82, 2.24) is 0 Å². The Labute approximate surface area is 265 Å². The molecule has 0 saturated carbocycles. The van der Waals surface area contributed by atoms with E-state index in [-0.39, 0.29) is 21.8 Å². The van der Waals surface area contributed by atoms with Crippen molar-refractivity contribution < 1.29 is 70.7 Å². The molecule has 0 N–H and O–H groups in total. The molecule has 2 heterocycles. The molecule has 0 amide bonds. The molecule has 2 aliphatic heterocycles. The maximum Gasteiger partial charge on any atom is 0.442 e. The number of carbonyl (C=O) groups excluding carboxylic acids is 2. The minimum absolute atomic E-state index is 0.0381. The first-order chi connectivity index (χ1) is 21.0. The average molecular weight is 747 g/mol. The van der Waals surface area contributed by atoms with Gasteiger partial charge in [0.1, 0.15) is 33.1 Å². The highest BCUT2D eigenvalue weighted by atomic mass is 32.2. The van der Waals surface area contributed by atoms with Crippen LogP contribution in [0, 0.1) is 0 Å². The van der Waals surface area contributed by atoms with Crippen molar-refractivity contribution in [2.45, 2.75) is 48.0 Å². The number of hydrogen-bond donors (Lipinski definition) is 0. The number of rotatable bonds is 6. The molecule has 0 radical (unpaired) electrons. The standard InChI is InChI=1S/2C11H13OS.C4H2F8O6S2/c2*12-11(13-8-4-5-9-13)10-6-2-1-3-7-10;5-1(6,4(11,12)20(16,17)18)2(7,3(8,9)10)19(13,14)15/h2*1-3,6-7H,4-5,8-9H2;(H,13,14,15)(H,16,17,18)/q2*+1;/p-2. The summed E-state index contributed by atoms with van der Waals surface area (Å²) >= 11 is 0. The Morgan fingerprint density at radius 1 is 0.565 bits per heavy atom. The van der Waals surface area contributed by atoms with Gasteiger partial charge in [0.25, 0.3) is 0 Å². The summed E-state index contributed by atoms with van der Waals surface area (Å²) in [7, 11) is -15.5. The van der Waals surface area contributed by atoms with E-state index in [0.717, 1.165) is 34.1 Å². The average Bonchev–Trinajstić information content (AvgIpc) is 3.71. The summed E-state index contributed by atoms with van der Waals surface area (Å²) in [4.78, 5) is 23.7. The lowest BCUT2D eigenvalue weighted by molar-refractivity contribution is -0.305. The van der Waals surface area contributed by atoms with Crippen molar-refractivity contribution in [2.75, 3.05) is 23.0 Å². The summed E-state index contributed by atoms with van der Waals surface area (Å²) in [5, 5.41) is -14.1. The van der Waals surface area contributed by atoms with Crippen LogP contribution in [-0.2, 0) is 42.0 Å². The molecule has 46 heavy (non-hydrogen) atoms. The lowest BCUT2D eigenvalue weighted by Crippen LogP contribution is -2.68. The molecule has 1 atom stereocenters. The third kappa shape index (κ3) is 8.80. The van der Waals surface area contributed by atoms with Gasteiger partial charge in [-0.2, -0.15) is 30.7 Å². The van der Waals surface area contributed by atoms with Gasteiger partial charge in [-0.3, -0.25) is 0 Å². The molecule has 0 bridgehead atoms. The molecule has 8 nitrogen and oxygen atoms in total. The Balaban J connectivity index is 0.000000247. The molecule has 0 aromatic heterocycles. The Hall–Kier alpha value is -2.26. The van der Waals surface area contributed by atoms with Gasteiger partial charge >= 0.3 is 32.6 Å². The minimum atomic E-state index is -7.90. The number of halogens is 8. The first-order valence-electron chi connectivity index (χ1n) is 13.0. The molecule has 1 unspecified atom stereocenters. The van der Waals surface area contributed by atoms with Crippen molar-refractivity contribution in [3.63, 3.8) is 0 Å². The fourth-order valence-electron chi connectivity index (χ4n) is 3.98. The van der Waals surface area contributed by atoms with Gasteiger partial charge in [0.2, 0.25) is 0 Å². The highest BCUT2D eigenvalue weighted by Gasteiger charge is 2.85. The van der Waals surface area contributed by atoms with E-state index < -0.39 is 42.6 Å². The Morgan fingerprint density at radius 2 is 0.870 bits per heavy atom. The van der Waals surface area contributed by atoms with Gasteiger partial charge in [0.05, 0.1) is 32.9 Å². The van der Waals surface area contributed by atoms with E-state index in [1.807, 2.05) is 60.7 Å². The summed E-state index contributed by atoms with van der Waals surface area (Å²) < 4.78 is 158. The van der Waals surface area contributed by atoms with Gasteiger partial charge in [-0.1, -0.05) is 36.4 Å². The molecule has 258 valence electrons.